The van der Waals surface area contributed by atoms with E-state index in [1.807, 2.05) is 12.1 Å². The highest BCUT2D eigenvalue weighted by molar-refractivity contribution is 7.88. The Balaban J connectivity index is 1.76. The highest BCUT2D eigenvalue weighted by atomic mass is 32.2. The van der Waals surface area contributed by atoms with Gasteiger partial charge in [-0.2, -0.15) is 0 Å². The van der Waals surface area contributed by atoms with Gasteiger partial charge in [0.2, 0.25) is 10.0 Å². The fourth-order valence-corrected chi connectivity index (χ4v) is 2.62. The Kier molecular flexibility index (Phi) is 6.86. The Morgan fingerprint density at radius 3 is 2.20 bits per heavy atom. The lowest BCUT2D eigenvalue weighted by Crippen LogP contribution is -2.26. The highest BCUT2D eigenvalue weighted by Crippen LogP contribution is 2.23. The van der Waals surface area contributed by atoms with Crippen LogP contribution in [0.1, 0.15) is 12.0 Å². The van der Waals surface area contributed by atoms with Crippen LogP contribution in [0.15, 0.2) is 42.5 Å². The maximum Gasteiger partial charge on any atom is 0.208 e. The van der Waals surface area contributed by atoms with E-state index in [0.29, 0.717) is 31.8 Å². The standard InChI is InChI=1S/C17H20F2N2O3S/c1-25(22,23)21-8-2-7-20-12-13-3-5-16(6-4-13)24-17-10-14(18)9-15(19)11-17/h3-6,9-11,20-21H,2,7-8,12H2,1H3. The van der Waals surface area contributed by atoms with E-state index in [9.17, 15) is 17.2 Å². The largest absolute Gasteiger partial charge is 0.457 e. The molecule has 0 bridgehead atoms. The monoisotopic (exact) mass is 370 g/mol. The Hall–Kier alpha value is -2.03. The first kappa shape index (κ1) is 19.3. The zero-order chi connectivity index (χ0) is 18.3. The lowest BCUT2D eigenvalue weighted by atomic mass is 10.2. The van der Waals surface area contributed by atoms with Gasteiger partial charge in [-0.15, -0.1) is 0 Å². The van der Waals surface area contributed by atoms with Gasteiger partial charge in [0.05, 0.1) is 6.26 Å². The second kappa shape index (κ2) is 8.89. The third-order valence-corrected chi connectivity index (χ3v) is 3.95. The molecule has 5 nitrogen and oxygen atoms in total. The molecular weight excluding hydrogens is 350 g/mol. The van der Waals surface area contributed by atoms with Crippen LogP contribution < -0.4 is 14.8 Å². The number of benzene rings is 2. The van der Waals surface area contributed by atoms with Crippen LogP contribution in [0, 0.1) is 11.6 Å². The van der Waals surface area contributed by atoms with Gasteiger partial charge < -0.3 is 10.1 Å². The van der Waals surface area contributed by atoms with Gasteiger partial charge in [0.1, 0.15) is 23.1 Å². The Morgan fingerprint density at radius 1 is 0.960 bits per heavy atom. The van der Waals surface area contributed by atoms with Crippen molar-refractivity contribution in [3.05, 3.63) is 59.7 Å². The van der Waals surface area contributed by atoms with Crippen molar-refractivity contribution >= 4 is 10.0 Å². The average molecular weight is 370 g/mol. The second-order valence-corrected chi connectivity index (χ2v) is 7.38. The van der Waals surface area contributed by atoms with Crippen molar-refractivity contribution in [2.75, 3.05) is 19.3 Å². The molecule has 0 unspecified atom stereocenters. The molecule has 136 valence electrons. The van der Waals surface area contributed by atoms with Crippen LogP contribution in [0.3, 0.4) is 0 Å². The normalized spacial score (nSPS) is 11.5. The number of rotatable bonds is 9. The molecule has 0 spiro atoms. The molecule has 0 heterocycles. The first-order valence-electron chi connectivity index (χ1n) is 7.70. The van der Waals surface area contributed by atoms with Gasteiger partial charge in [0, 0.05) is 31.3 Å². The van der Waals surface area contributed by atoms with E-state index in [2.05, 4.69) is 10.0 Å². The summed E-state index contributed by atoms with van der Waals surface area (Å²) >= 11 is 0. The second-order valence-electron chi connectivity index (χ2n) is 5.55. The minimum Gasteiger partial charge on any atom is -0.457 e. The average Bonchev–Trinajstić information content (AvgIpc) is 2.50. The summed E-state index contributed by atoms with van der Waals surface area (Å²) in [4.78, 5) is 0. The number of nitrogens with one attached hydrogen (secondary N) is 2. The first-order valence-corrected chi connectivity index (χ1v) is 9.59. The molecule has 25 heavy (non-hydrogen) atoms. The molecular formula is C17H20F2N2O3S. The van der Waals surface area contributed by atoms with Gasteiger partial charge in [-0.05, 0) is 30.7 Å². The number of halogens is 2. The Bertz CT molecular complexity index is 776. The van der Waals surface area contributed by atoms with Gasteiger partial charge in [-0.25, -0.2) is 21.9 Å². The van der Waals surface area contributed by atoms with Gasteiger partial charge in [0.25, 0.3) is 0 Å². The lowest BCUT2D eigenvalue weighted by molar-refractivity contribution is 0.468. The van der Waals surface area contributed by atoms with E-state index < -0.39 is 21.7 Å². The zero-order valence-corrected chi connectivity index (χ0v) is 14.6. The van der Waals surface area contributed by atoms with Crippen molar-refractivity contribution in [2.24, 2.45) is 0 Å². The summed E-state index contributed by atoms with van der Waals surface area (Å²) < 4.78 is 55.9. The molecule has 2 aromatic rings. The molecule has 0 atom stereocenters. The molecule has 2 rings (SSSR count). The lowest BCUT2D eigenvalue weighted by Gasteiger charge is -2.08. The fourth-order valence-electron chi connectivity index (χ4n) is 2.10. The third-order valence-electron chi connectivity index (χ3n) is 3.22. The van der Waals surface area contributed by atoms with Crippen LogP contribution in [0.25, 0.3) is 0 Å². The van der Waals surface area contributed by atoms with Gasteiger partial charge >= 0.3 is 0 Å². The van der Waals surface area contributed by atoms with Crippen LogP contribution in [-0.2, 0) is 16.6 Å². The van der Waals surface area contributed by atoms with Crippen molar-refractivity contribution in [3.63, 3.8) is 0 Å². The summed E-state index contributed by atoms with van der Waals surface area (Å²) in [5, 5.41) is 3.20. The van der Waals surface area contributed by atoms with Gasteiger partial charge in [-0.1, -0.05) is 12.1 Å². The summed E-state index contributed by atoms with van der Waals surface area (Å²) in [6.07, 6.45) is 1.81. The molecule has 2 aromatic carbocycles. The van der Waals surface area contributed by atoms with Crippen molar-refractivity contribution in [1.82, 2.24) is 10.0 Å². The topological polar surface area (TPSA) is 67.4 Å². The van der Waals surface area contributed by atoms with Gasteiger partial charge in [-0.3, -0.25) is 0 Å². The minimum absolute atomic E-state index is 0.0988. The number of ether oxygens (including phenoxy) is 1. The van der Waals surface area contributed by atoms with Crippen LogP contribution in [0.4, 0.5) is 8.78 Å². The molecule has 0 aliphatic rings. The minimum atomic E-state index is -3.14. The van der Waals surface area contributed by atoms with Gasteiger partial charge in [0.15, 0.2) is 0 Å². The summed E-state index contributed by atoms with van der Waals surface area (Å²) in [6, 6.07) is 10.1. The summed E-state index contributed by atoms with van der Waals surface area (Å²) in [6.45, 7) is 1.68. The number of sulfonamides is 1. The fraction of sp³-hybridized carbons (Fsp3) is 0.294. The Morgan fingerprint density at radius 2 is 1.60 bits per heavy atom. The summed E-state index contributed by atoms with van der Waals surface area (Å²) in [5.74, 6) is -0.810. The number of hydrogen-bond donors (Lipinski definition) is 2. The van der Waals surface area contributed by atoms with E-state index in [1.165, 1.54) is 0 Å². The van der Waals surface area contributed by atoms with Crippen molar-refractivity contribution in [1.29, 1.82) is 0 Å². The predicted molar refractivity (Wildman–Crippen MR) is 92.0 cm³/mol. The molecule has 0 amide bonds. The van der Waals surface area contributed by atoms with E-state index in [1.54, 1.807) is 12.1 Å². The highest BCUT2D eigenvalue weighted by Gasteiger charge is 2.03. The molecule has 0 saturated heterocycles. The van der Waals surface area contributed by atoms with Crippen LogP contribution in [0.5, 0.6) is 11.5 Å². The smallest absolute Gasteiger partial charge is 0.208 e. The molecule has 2 N–H and O–H groups in total. The van der Waals surface area contributed by atoms with Crippen molar-refractivity contribution in [2.45, 2.75) is 13.0 Å². The molecule has 0 aliphatic heterocycles. The molecule has 0 aliphatic carbocycles. The quantitative estimate of drug-likeness (QED) is 0.666. The maximum atomic E-state index is 13.1. The number of hydrogen-bond acceptors (Lipinski definition) is 4. The molecule has 0 radical (unpaired) electrons. The maximum absolute atomic E-state index is 13.1. The molecule has 0 aromatic heterocycles. The molecule has 0 saturated carbocycles. The van der Waals surface area contributed by atoms with E-state index >= 15 is 0 Å². The van der Waals surface area contributed by atoms with E-state index in [4.69, 9.17) is 4.74 Å². The Labute approximate surface area is 146 Å². The van der Waals surface area contributed by atoms with Crippen molar-refractivity contribution in [3.8, 4) is 11.5 Å². The van der Waals surface area contributed by atoms with Crippen LogP contribution >= 0.6 is 0 Å². The molecule has 0 fully saturated rings. The molecule has 8 heteroatoms. The van der Waals surface area contributed by atoms with Crippen LogP contribution in [0.2, 0.25) is 0 Å². The SMILES string of the molecule is CS(=O)(=O)NCCCNCc1ccc(Oc2cc(F)cc(F)c2)cc1. The van der Waals surface area contributed by atoms with E-state index in [-0.39, 0.29) is 5.75 Å². The van der Waals surface area contributed by atoms with Crippen molar-refractivity contribution < 1.29 is 21.9 Å². The van der Waals surface area contributed by atoms with Crippen LogP contribution in [-0.4, -0.2) is 27.8 Å². The first-order chi connectivity index (χ1) is 11.8. The third kappa shape index (κ3) is 7.59. The summed E-state index contributed by atoms with van der Waals surface area (Å²) in [5.41, 5.74) is 1.01. The summed E-state index contributed by atoms with van der Waals surface area (Å²) in [7, 11) is -3.14. The van der Waals surface area contributed by atoms with E-state index in [0.717, 1.165) is 30.0 Å². The zero-order valence-electron chi connectivity index (χ0n) is 13.8. The predicted octanol–water partition coefficient (Wildman–Crippen LogP) is 2.79.